The number of carboxylic acid groups (broad SMARTS) is 1. The van der Waals surface area contributed by atoms with E-state index in [9.17, 15) is 9.59 Å². The lowest BCUT2D eigenvalue weighted by Crippen LogP contribution is -2.11. The fourth-order valence-electron chi connectivity index (χ4n) is 1.40. The Morgan fingerprint density at radius 1 is 1.06 bits per heavy atom. The molecule has 0 aromatic heterocycles. The number of carboxylic acids is 1. The fourth-order valence-corrected chi connectivity index (χ4v) is 1.40. The first-order valence-corrected chi connectivity index (χ1v) is 5.50. The van der Waals surface area contributed by atoms with Crippen molar-refractivity contribution >= 4 is 11.8 Å². The van der Waals surface area contributed by atoms with E-state index in [4.69, 9.17) is 10.2 Å². The summed E-state index contributed by atoms with van der Waals surface area (Å²) in [5.74, 6) is -3.01. The summed E-state index contributed by atoms with van der Waals surface area (Å²) < 4.78 is 0. The summed E-state index contributed by atoms with van der Waals surface area (Å²) in [5, 5.41) is 17.4. The van der Waals surface area contributed by atoms with Crippen LogP contribution in [0.25, 0.3) is 0 Å². The quantitative estimate of drug-likeness (QED) is 0.490. The standard InChI is InChI=1S/C14H16O4/c1-14(2,3)10-6-4-9(5-7-10)11(15)8-12(16)13(17)18/h4-8,16H,1-3H3,(H,17,18)/b12-8-. The van der Waals surface area contributed by atoms with E-state index >= 15 is 0 Å². The van der Waals surface area contributed by atoms with Gasteiger partial charge in [-0.1, -0.05) is 45.0 Å². The van der Waals surface area contributed by atoms with Gasteiger partial charge in [-0.2, -0.15) is 0 Å². The van der Waals surface area contributed by atoms with Crippen LogP contribution in [-0.4, -0.2) is 22.0 Å². The molecule has 1 aromatic rings. The van der Waals surface area contributed by atoms with Crippen LogP contribution in [0.1, 0.15) is 36.7 Å². The van der Waals surface area contributed by atoms with Crippen molar-refractivity contribution < 1.29 is 19.8 Å². The number of hydrogen-bond donors (Lipinski definition) is 2. The molecule has 4 nitrogen and oxygen atoms in total. The minimum absolute atomic E-state index is 0.0133. The van der Waals surface area contributed by atoms with Gasteiger partial charge in [-0.05, 0) is 11.0 Å². The Hall–Kier alpha value is -2.10. The van der Waals surface area contributed by atoms with Crippen molar-refractivity contribution in [2.24, 2.45) is 0 Å². The number of benzene rings is 1. The van der Waals surface area contributed by atoms with Crippen LogP contribution >= 0.6 is 0 Å². The third-order valence-corrected chi connectivity index (χ3v) is 2.52. The maximum absolute atomic E-state index is 11.6. The molecule has 0 saturated heterocycles. The topological polar surface area (TPSA) is 74.6 Å². The lowest BCUT2D eigenvalue weighted by atomic mass is 9.86. The van der Waals surface area contributed by atoms with Gasteiger partial charge in [0.15, 0.2) is 5.78 Å². The second-order valence-corrected chi connectivity index (χ2v) is 5.03. The van der Waals surface area contributed by atoms with E-state index in [2.05, 4.69) is 20.8 Å². The predicted octanol–water partition coefficient (Wildman–Crippen LogP) is 2.69. The molecule has 2 N–H and O–H groups in total. The molecule has 1 rings (SSSR count). The molecule has 0 heterocycles. The Bertz CT molecular complexity index is 490. The van der Waals surface area contributed by atoms with E-state index in [0.29, 0.717) is 11.6 Å². The number of aliphatic hydroxyl groups is 1. The van der Waals surface area contributed by atoms with Gasteiger partial charge in [0.2, 0.25) is 5.76 Å². The minimum Gasteiger partial charge on any atom is -0.502 e. The smallest absolute Gasteiger partial charge is 0.371 e. The molecule has 0 bridgehead atoms. The van der Waals surface area contributed by atoms with Crippen molar-refractivity contribution in [1.29, 1.82) is 0 Å². The molecule has 0 aliphatic heterocycles. The highest BCUT2D eigenvalue weighted by Crippen LogP contribution is 2.22. The third kappa shape index (κ3) is 3.45. The summed E-state index contributed by atoms with van der Waals surface area (Å²) in [6, 6.07) is 6.88. The Labute approximate surface area is 106 Å². The normalized spacial score (nSPS) is 12.3. The summed E-state index contributed by atoms with van der Waals surface area (Å²) in [6.45, 7) is 6.17. The average molecular weight is 248 g/mol. The number of carbonyl (C=O) groups excluding carboxylic acids is 1. The van der Waals surface area contributed by atoms with Crippen molar-refractivity contribution in [3.8, 4) is 0 Å². The summed E-state index contributed by atoms with van der Waals surface area (Å²) in [7, 11) is 0. The first-order valence-electron chi connectivity index (χ1n) is 5.50. The van der Waals surface area contributed by atoms with Gasteiger partial charge >= 0.3 is 5.97 Å². The van der Waals surface area contributed by atoms with E-state index in [1.54, 1.807) is 12.1 Å². The number of carbonyl (C=O) groups is 2. The van der Waals surface area contributed by atoms with Gasteiger partial charge in [-0.15, -0.1) is 0 Å². The molecule has 0 atom stereocenters. The molecule has 4 heteroatoms. The molecule has 0 spiro atoms. The van der Waals surface area contributed by atoms with Crippen molar-refractivity contribution in [3.05, 3.63) is 47.2 Å². The van der Waals surface area contributed by atoms with Gasteiger partial charge in [0.1, 0.15) is 0 Å². The largest absolute Gasteiger partial charge is 0.502 e. The van der Waals surface area contributed by atoms with Crippen LogP contribution in [0.2, 0.25) is 0 Å². The van der Waals surface area contributed by atoms with Gasteiger partial charge in [0.25, 0.3) is 0 Å². The molecule has 0 aliphatic carbocycles. The van der Waals surface area contributed by atoms with Crippen LogP contribution in [0.3, 0.4) is 0 Å². The van der Waals surface area contributed by atoms with Gasteiger partial charge in [-0.25, -0.2) is 4.79 Å². The zero-order valence-corrected chi connectivity index (χ0v) is 10.6. The Kier molecular flexibility index (Phi) is 3.91. The molecular weight excluding hydrogens is 232 g/mol. The molecule has 96 valence electrons. The second-order valence-electron chi connectivity index (χ2n) is 5.03. The van der Waals surface area contributed by atoms with Crippen LogP contribution in [0.5, 0.6) is 0 Å². The third-order valence-electron chi connectivity index (χ3n) is 2.52. The molecule has 0 radical (unpaired) electrons. The fraction of sp³-hybridized carbons (Fsp3) is 0.286. The maximum atomic E-state index is 11.6. The molecule has 0 saturated carbocycles. The lowest BCUT2D eigenvalue weighted by molar-refractivity contribution is -0.135. The van der Waals surface area contributed by atoms with E-state index in [-0.39, 0.29) is 5.41 Å². The number of aliphatic carboxylic acids is 1. The van der Waals surface area contributed by atoms with Crippen molar-refractivity contribution in [2.45, 2.75) is 26.2 Å². The van der Waals surface area contributed by atoms with Crippen molar-refractivity contribution in [3.63, 3.8) is 0 Å². The predicted molar refractivity (Wildman–Crippen MR) is 67.8 cm³/mol. The van der Waals surface area contributed by atoms with Gasteiger partial charge in [0.05, 0.1) is 0 Å². The molecule has 0 amide bonds. The van der Waals surface area contributed by atoms with Crippen molar-refractivity contribution in [2.75, 3.05) is 0 Å². The summed E-state index contributed by atoms with van der Waals surface area (Å²) in [6.07, 6.45) is 0.703. The molecular formula is C14H16O4. The highest BCUT2D eigenvalue weighted by atomic mass is 16.4. The summed E-state index contributed by atoms with van der Waals surface area (Å²) >= 11 is 0. The molecule has 1 aromatic carbocycles. The molecule has 0 unspecified atom stereocenters. The minimum atomic E-state index is -1.52. The zero-order valence-electron chi connectivity index (χ0n) is 10.6. The Morgan fingerprint density at radius 2 is 1.56 bits per heavy atom. The van der Waals surface area contributed by atoms with E-state index in [1.165, 1.54) is 0 Å². The van der Waals surface area contributed by atoms with E-state index in [1.807, 2.05) is 12.1 Å². The number of ketones is 1. The van der Waals surface area contributed by atoms with Crippen LogP contribution in [0.15, 0.2) is 36.1 Å². The number of rotatable bonds is 3. The molecule has 0 fully saturated rings. The van der Waals surface area contributed by atoms with Crippen LogP contribution < -0.4 is 0 Å². The highest BCUT2D eigenvalue weighted by molar-refractivity contribution is 6.07. The van der Waals surface area contributed by atoms with Crippen molar-refractivity contribution in [1.82, 2.24) is 0 Å². The van der Waals surface area contributed by atoms with Crippen LogP contribution in [-0.2, 0) is 10.2 Å². The van der Waals surface area contributed by atoms with Gasteiger partial charge in [0, 0.05) is 11.6 Å². The highest BCUT2D eigenvalue weighted by Gasteiger charge is 2.14. The molecule has 0 aliphatic rings. The monoisotopic (exact) mass is 248 g/mol. The number of allylic oxidation sites excluding steroid dienone is 1. The second kappa shape index (κ2) is 5.04. The summed E-state index contributed by atoms with van der Waals surface area (Å²) in [4.78, 5) is 22.0. The molecule has 18 heavy (non-hydrogen) atoms. The SMILES string of the molecule is CC(C)(C)c1ccc(C(=O)/C=C(\O)C(=O)O)cc1. The first-order chi connectivity index (χ1) is 8.21. The lowest BCUT2D eigenvalue weighted by Gasteiger charge is -2.18. The van der Waals surface area contributed by atoms with E-state index < -0.39 is 17.5 Å². The number of hydrogen-bond acceptors (Lipinski definition) is 3. The maximum Gasteiger partial charge on any atom is 0.371 e. The number of aliphatic hydroxyl groups excluding tert-OH is 1. The Morgan fingerprint density at radius 3 is 1.94 bits per heavy atom. The average Bonchev–Trinajstić information content (AvgIpc) is 2.27. The summed E-state index contributed by atoms with van der Waals surface area (Å²) in [5.41, 5.74) is 1.40. The van der Waals surface area contributed by atoms with Gasteiger partial charge in [-0.3, -0.25) is 4.79 Å². The van der Waals surface area contributed by atoms with Crippen LogP contribution in [0, 0.1) is 0 Å². The first kappa shape index (κ1) is 14.0. The zero-order chi connectivity index (χ0) is 13.9. The van der Waals surface area contributed by atoms with Gasteiger partial charge < -0.3 is 10.2 Å². The Balaban J connectivity index is 2.97. The van der Waals surface area contributed by atoms with Crippen LogP contribution in [0.4, 0.5) is 0 Å². The van der Waals surface area contributed by atoms with E-state index in [0.717, 1.165) is 5.56 Å².